The van der Waals surface area contributed by atoms with Crippen LogP contribution in [0.1, 0.15) is 58.6 Å². The SMILES string of the molecule is CC(C)Cn1cc(C2(O)CCCN(C(=O)C3CCC(C)O3)CC2)nn1. The maximum Gasteiger partial charge on any atom is 0.251 e. The fraction of sp³-hybridized carbons (Fsp3) is 0.833. The van der Waals surface area contributed by atoms with E-state index in [-0.39, 0.29) is 18.1 Å². The molecule has 2 saturated heterocycles. The molecule has 0 aliphatic carbocycles. The second-order valence-corrected chi connectivity index (χ2v) is 7.94. The standard InChI is InChI=1S/C18H30N4O3/c1-13(2)11-22-12-16(19-20-22)18(24)7-4-9-21(10-8-18)17(23)15-6-5-14(3)25-15/h12-15,24H,4-11H2,1-3H3. The Kier molecular flexibility index (Phi) is 5.43. The molecule has 0 aromatic carbocycles. The van der Waals surface area contributed by atoms with Crippen molar-refractivity contribution in [3.8, 4) is 0 Å². The molecular formula is C18H30N4O3. The van der Waals surface area contributed by atoms with Crippen LogP contribution in [0.5, 0.6) is 0 Å². The van der Waals surface area contributed by atoms with E-state index in [1.165, 1.54) is 0 Å². The van der Waals surface area contributed by atoms with Gasteiger partial charge in [0, 0.05) is 19.6 Å². The zero-order valence-electron chi connectivity index (χ0n) is 15.5. The second-order valence-electron chi connectivity index (χ2n) is 7.94. The highest BCUT2D eigenvalue weighted by Gasteiger charge is 2.38. The summed E-state index contributed by atoms with van der Waals surface area (Å²) in [6.45, 7) is 8.23. The lowest BCUT2D eigenvalue weighted by Crippen LogP contribution is -2.40. The number of aliphatic hydroxyl groups is 1. The zero-order chi connectivity index (χ0) is 18.0. The van der Waals surface area contributed by atoms with E-state index in [2.05, 4.69) is 24.2 Å². The molecule has 3 atom stereocenters. The van der Waals surface area contributed by atoms with Crippen molar-refractivity contribution >= 4 is 5.91 Å². The Bertz CT molecular complexity index is 603. The topological polar surface area (TPSA) is 80.5 Å². The summed E-state index contributed by atoms with van der Waals surface area (Å²) in [5, 5.41) is 19.4. The van der Waals surface area contributed by atoms with Gasteiger partial charge in [-0.25, -0.2) is 0 Å². The molecule has 1 aromatic heterocycles. The number of aromatic nitrogens is 3. The predicted octanol–water partition coefficient (Wildman–Crippen LogP) is 1.70. The van der Waals surface area contributed by atoms with Gasteiger partial charge >= 0.3 is 0 Å². The summed E-state index contributed by atoms with van der Waals surface area (Å²) < 4.78 is 7.51. The van der Waals surface area contributed by atoms with Gasteiger partial charge in [-0.2, -0.15) is 0 Å². The molecule has 25 heavy (non-hydrogen) atoms. The first-order valence-electron chi connectivity index (χ1n) is 9.44. The second kappa shape index (κ2) is 7.41. The van der Waals surface area contributed by atoms with Gasteiger partial charge in [-0.1, -0.05) is 19.1 Å². The van der Waals surface area contributed by atoms with Crippen molar-refractivity contribution in [3.63, 3.8) is 0 Å². The van der Waals surface area contributed by atoms with E-state index in [0.29, 0.717) is 37.5 Å². The van der Waals surface area contributed by atoms with Gasteiger partial charge in [0.2, 0.25) is 0 Å². The smallest absolute Gasteiger partial charge is 0.251 e. The first kappa shape index (κ1) is 18.3. The van der Waals surface area contributed by atoms with Gasteiger partial charge in [-0.05, 0) is 44.9 Å². The molecule has 7 heteroatoms. The Balaban J connectivity index is 1.64. The average Bonchev–Trinajstić information content (AvgIpc) is 3.14. The molecule has 3 heterocycles. The van der Waals surface area contributed by atoms with Crippen LogP contribution in [0.15, 0.2) is 6.20 Å². The highest BCUT2D eigenvalue weighted by molar-refractivity contribution is 5.81. The summed E-state index contributed by atoms with van der Waals surface area (Å²) in [6, 6.07) is 0. The summed E-state index contributed by atoms with van der Waals surface area (Å²) in [6.07, 6.45) is 5.26. The first-order chi connectivity index (χ1) is 11.9. The van der Waals surface area contributed by atoms with Crippen LogP contribution in [0.25, 0.3) is 0 Å². The molecule has 2 aliphatic heterocycles. The van der Waals surface area contributed by atoms with Crippen LogP contribution < -0.4 is 0 Å². The van der Waals surface area contributed by atoms with Crippen molar-refractivity contribution in [2.24, 2.45) is 5.92 Å². The largest absolute Gasteiger partial charge is 0.383 e. The van der Waals surface area contributed by atoms with Gasteiger partial charge < -0.3 is 14.7 Å². The third-order valence-corrected chi connectivity index (χ3v) is 5.20. The summed E-state index contributed by atoms with van der Waals surface area (Å²) in [7, 11) is 0. The third kappa shape index (κ3) is 4.20. The predicted molar refractivity (Wildman–Crippen MR) is 92.8 cm³/mol. The zero-order valence-corrected chi connectivity index (χ0v) is 15.5. The lowest BCUT2D eigenvalue weighted by atomic mass is 9.92. The van der Waals surface area contributed by atoms with Crippen LogP contribution in [-0.2, 0) is 21.7 Å². The quantitative estimate of drug-likeness (QED) is 0.894. The van der Waals surface area contributed by atoms with Gasteiger partial charge in [-0.15, -0.1) is 5.10 Å². The molecule has 3 rings (SSSR count). The minimum atomic E-state index is -1.01. The van der Waals surface area contributed by atoms with Crippen LogP contribution in [0, 0.1) is 5.92 Å². The number of hydrogen-bond donors (Lipinski definition) is 1. The van der Waals surface area contributed by atoms with E-state index in [9.17, 15) is 9.90 Å². The highest BCUT2D eigenvalue weighted by Crippen LogP contribution is 2.32. The summed E-state index contributed by atoms with van der Waals surface area (Å²) in [4.78, 5) is 14.5. The van der Waals surface area contributed by atoms with E-state index >= 15 is 0 Å². The van der Waals surface area contributed by atoms with E-state index in [4.69, 9.17) is 4.74 Å². The normalized spacial score (nSPS) is 30.7. The molecule has 0 spiro atoms. The fourth-order valence-corrected chi connectivity index (χ4v) is 3.76. The summed E-state index contributed by atoms with van der Waals surface area (Å²) in [5.41, 5.74) is -0.387. The Morgan fingerprint density at radius 1 is 1.40 bits per heavy atom. The Hall–Kier alpha value is -1.47. The van der Waals surface area contributed by atoms with Crippen LogP contribution in [0.4, 0.5) is 0 Å². The number of nitrogens with zero attached hydrogens (tertiary/aromatic N) is 4. The number of likely N-dealkylation sites (tertiary alicyclic amines) is 1. The minimum absolute atomic E-state index is 0.0667. The lowest BCUT2D eigenvalue weighted by molar-refractivity contribution is -0.142. The van der Waals surface area contributed by atoms with E-state index in [0.717, 1.165) is 25.8 Å². The van der Waals surface area contributed by atoms with Crippen LogP contribution in [0.3, 0.4) is 0 Å². The molecule has 140 valence electrons. The van der Waals surface area contributed by atoms with Crippen molar-refractivity contribution in [3.05, 3.63) is 11.9 Å². The number of hydrogen-bond acceptors (Lipinski definition) is 5. The van der Waals surface area contributed by atoms with Crippen molar-refractivity contribution in [2.45, 2.75) is 77.2 Å². The molecule has 2 fully saturated rings. The van der Waals surface area contributed by atoms with Crippen LogP contribution in [-0.4, -0.2) is 56.2 Å². The first-order valence-corrected chi connectivity index (χ1v) is 9.44. The van der Waals surface area contributed by atoms with E-state index in [1.807, 2.05) is 18.0 Å². The van der Waals surface area contributed by atoms with Gasteiger partial charge in [0.05, 0.1) is 12.3 Å². The highest BCUT2D eigenvalue weighted by atomic mass is 16.5. The van der Waals surface area contributed by atoms with Gasteiger partial charge in [0.25, 0.3) is 5.91 Å². The molecule has 1 amide bonds. The molecule has 0 saturated carbocycles. The van der Waals surface area contributed by atoms with Gasteiger partial charge in [0.1, 0.15) is 17.4 Å². The minimum Gasteiger partial charge on any atom is -0.383 e. The van der Waals surface area contributed by atoms with Crippen molar-refractivity contribution in [2.75, 3.05) is 13.1 Å². The molecule has 2 aliphatic rings. The van der Waals surface area contributed by atoms with E-state index < -0.39 is 5.60 Å². The van der Waals surface area contributed by atoms with Gasteiger partial charge in [0.15, 0.2) is 0 Å². The summed E-state index contributed by atoms with van der Waals surface area (Å²) >= 11 is 0. The molecule has 3 unspecified atom stereocenters. The monoisotopic (exact) mass is 350 g/mol. The Morgan fingerprint density at radius 2 is 2.20 bits per heavy atom. The van der Waals surface area contributed by atoms with Crippen molar-refractivity contribution in [1.29, 1.82) is 0 Å². The number of ether oxygens (including phenoxy) is 1. The lowest BCUT2D eigenvalue weighted by Gasteiger charge is -2.26. The number of amides is 1. The summed E-state index contributed by atoms with van der Waals surface area (Å²) in [5.74, 6) is 0.539. The van der Waals surface area contributed by atoms with Crippen LogP contribution in [0.2, 0.25) is 0 Å². The number of carbonyl (C=O) groups excluding carboxylic acids is 1. The molecule has 7 nitrogen and oxygen atoms in total. The average molecular weight is 350 g/mol. The maximum atomic E-state index is 12.7. The van der Waals surface area contributed by atoms with E-state index in [1.54, 1.807) is 4.68 Å². The molecule has 0 bridgehead atoms. The van der Waals surface area contributed by atoms with Gasteiger partial charge in [-0.3, -0.25) is 9.48 Å². The number of rotatable bonds is 4. The number of carbonyl (C=O) groups is 1. The van der Waals surface area contributed by atoms with Crippen LogP contribution >= 0.6 is 0 Å². The maximum absolute atomic E-state index is 12.7. The Labute approximate surface area is 149 Å². The fourth-order valence-electron chi connectivity index (χ4n) is 3.76. The molecule has 0 radical (unpaired) electrons. The Morgan fingerprint density at radius 3 is 2.88 bits per heavy atom. The molecule has 1 aromatic rings. The molecular weight excluding hydrogens is 320 g/mol. The third-order valence-electron chi connectivity index (χ3n) is 5.20. The van der Waals surface area contributed by atoms with Crippen molar-refractivity contribution < 1.29 is 14.6 Å². The van der Waals surface area contributed by atoms with Crippen molar-refractivity contribution in [1.82, 2.24) is 19.9 Å². The molecule has 1 N–H and O–H groups in total.